The maximum absolute atomic E-state index is 11.3. The van der Waals surface area contributed by atoms with Gasteiger partial charge in [0.05, 0.1) is 5.69 Å². The fraction of sp³-hybridized carbons (Fsp3) is 0.533. The van der Waals surface area contributed by atoms with Gasteiger partial charge in [-0.05, 0) is 43.9 Å². The first-order valence-electron chi connectivity index (χ1n) is 6.88. The third-order valence-corrected chi connectivity index (χ3v) is 3.20. The molecule has 0 saturated heterocycles. The molecule has 1 unspecified atom stereocenters. The highest BCUT2D eigenvalue weighted by atomic mass is 16.5. The predicted molar refractivity (Wildman–Crippen MR) is 77.7 cm³/mol. The van der Waals surface area contributed by atoms with Crippen LogP contribution in [0.15, 0.2) is 18.2 Å². The summed E-state index contributed by atoms with van der Waals surface area (Å²) in [6.45, 7) is 6.75. The average Bonchev–Trinajstić information content (AvgIpc) is 2.36. The number of rotatable bonds is 5. The van der Waals surface area contributed by atoms with Gasteiger partial charge in [0, 0.05) is 11.7 Å². The fourth-order valence-electron chi connectivity index (χ4n) is 2.11. The van der Waals surface area contributed by atoms with Gasteiger partial charge in [0.2, 0.25) is 0 Å². The SMILES string of the molecule is CC(C)CCC(C)Nc1ccc2c(c1)NC(=O)CO2. The van der Waals surface area contributed by atoms with E-state index in [4.69, 9.17) is 4.74 Å². The molecular weight excluding hydrogens is 240 g/mol. The number of carbonyl (C=O) groups is 1. The number of ether oxygens (including phenoxy) is 1. The molecule has 1 aliphatic rings. The summed E-state index contributed by atoms with van der Waals surface area (Å²) in [6.07, 6.45) is 2.34. The number of benzene rings is 1. The summed E-state index contributed by atoms with van der Waals surface area (Å²) in [5.74, 6) is 1.36. The zero-order chi connectivity index (χ0) is 13.8. The van der Waals surface area contributed by atoms with Crippen LogP contribution >= 0.6 is 0 Å². The van der Waals surface area contributed by atoms with Gasteiger partial charge < -0.3 is 15.4 Å². The number of fused-ring (bicyclic) bond motifs is 1. The monoisotopic (exact) mass is 262 g/mol. The third kappa shape index (κ3) is 3.88. The van der Waals surface area contributed by atoms with Crippen LogP contribution in [0.5, 0.6) is 5.75 Å². The molecule has 4 nitrogen and oxygen atoms in total. The summed E-state index contributed by atoms with van der Waals surface area (Å²) < 4.78 is 5.33. The predicted octanol–water partition coefficient (Wildman–Crippen LogP) is 3.25. The van der Waals surface area contributed by atoms with Gasteiger partial charge in [0.1, 0.15) is 5.75 Å². The summed E-state index contributed by atoms with van der Waals surface area (Å²) in [4.78, 5) is 11.3. The van der Waals surface area contributed by atoms with Gasteiger partial charge in [0.25, 0.3) is 5.91 Å². The van der Waals surface area contributed by atoms with Crippen molar-refractivity contribution >= 4 is 17.3 Å². The lowest BCUT2D eigenvalue weighted by Gasteiger charge is -2.21. The quantitative estimate of drug-likeness (QED) is 0.856. The number of nitrogens with one attached hydrogen (secondary N) is 2. The van der Waals surface area contributed by atoms with Crippen LogP contribution in [0.25, 0.3) is 0 Å². The molecule has 1 heterocycles. The van der Waals surface area contributed by atoms with E-state index in [-0.39, 0.29) is 12.5 Å². The lowest BCUT2D eigenvalue weighted by atomic mass is 10.0. The van der Waals surface area contributed by atoms with Crippen molar-refractivity contribution in [1.82, 2.24) is 0 Å². The number of amides is 1. The molecule has 0 aromatic heterocycles. The first-order chi connectivity index (χ1) is 9.04. The Morgan fingerprint density at radius 2 is 2.11 bits per heavy atom. The van der Waals surface area contributed by atoms with Crippen LogP contribution in [0.1, 0.15) is 33.6 Å². The van der Waals surface area contributed by atoms with Gasteiger partial charge >= 0.3 is 0 Å². The van der Waals surface area contributed by atoms with Crippen LogP contribution in [0, 0.1) is 5.92 Å². The summed E-state index contributed by atoms with van der Waals surface area (Å²) in [5.41, 5.74) is 1.76. The molecule has 0 bridgehead atoms. The smallest absolute Gasteiger partial charge is 0.262 e. The molecular formula is C15H22N2O2. The van der Waals surface area contributed by atoms with Gasteiger partial charge in [-0.2, -0.15) is 0 Å². The van der Waals surface area contributed by atoms with E-state index in [0.717, 1.165) is 29.5 Å². The van der Waals surface area contributed by atoms with Crippen LogP contribution in [0.3, 0.4) is 0 Å². The van der Waals surface area contributed by atoms with E-state index in [2.05, 4.69) is 31.4 Å². The second-order valence-corrected chi connectivity index (χ2v) is 5.56. The van der Waals surface area contributed by atoms with Crippen LogP contribution in [-0.2, 0) is 4.79 Å². The molecule has 2 rings (SSSR count). The molecule has 0 spiro atoms. The Morgan fingerprint density at radius 3 is 2.84 bits per heavy atom. The highest BCUT2D eigenvalue weighted by Crippen LogP contribution is 2.30. The van der Waals surface area contributed by atoms with Crippen LogP contribution in [0.2, 0.25) is 0 Å². The minimum absolute atomic E-state index is 0.0995. The molecule has 19 heavy (non-hydrogen) atoms. The Balaban J connectivity index is 1.97. The number of hydrogen-bond acceptors (Lipinski definition) is 3. The molecule has 1 aliphatic heterocycles. The minimum atomic E-state index is -0.0995. The number of carbonyl (C=O) groups excluding carboxylic acids is 1. The van der Waals surface area contributed by atoms with Crippen molar-refractivity contribution in [2.24, 2.45) is 5.92 Å². The fourth-order valence-corrected chi connectivity index (χ4v) is 2.11. The van der Waals surface area contributed by atoms with E-state index >= 15 is 0 Å². The van der Waals surface area contributed by atoms with E-state index in [9.17, 15) is 4.79 Å². The van der Waals surface area contributed by atoms with Crippen molar-refractivity contribution in [1.29, 1.82) is 0 Å². The van der Waals surface area contributed by atoms with Crippen LogP contribution in [0.4, 0.5) is 11.4 Å². The second kappa shape index (κ2) is 5.95. The molecule has 0 saturated carbocycles. The molecule has 104 valence electrons. The Kier molecular flexibility index (Phi) is 4.30. The third-order valence-electron chi connectivity index (χ3n) is 3.20. The van der Waals surface area contributed by atoms with Crippen molar-refractivity contribution in [2.45, 2.75) is 39.7 Å². The normalized spacial score (nSPS) is 15.5. The van der Waals surface area contributed by atoms with E-state index in [1.807, 2.05) is 18.2 Å². The highest BCUT2D eigenvalue weighted by Gasteiger charge is 2.16. The first-order valence-corrected chi connectivity index (χ1v) is 6.88. The van der Waals surface area contributed by atoms with Crippen LogP contribution in [-0.4, -0.2) is 18.6 Å². The highest BCUT2D eigenvalue weighted by molar-refractivity contribution is 5.96. The van der Waals surface area contributed by atoms with Crippen molar-refractivity contribution in [3.63, 3.8) is 0 Å². The Bertz CT molecular complexity index is 457. The molecule has 1 amide bonds. The number of anilines is 2. The molecule has 0 fully saturated rings. The van der Waals surface area contributed by atoms with Gasteiger partial charge in [0.15, 0.2) is 6.61 Å². The van der Waals surface area contributed by atoms with E-state index in [1.165, 1.54) is 6.42 Å². The number of hydrogen-bond donors (Lipinski definition) is 2. The molecule has 0 radical (unpaired) electrons. The largest absolute Gasteiger partial charge is 0.482 e. The molecule has 0 aliphatic carbocycles. The summed E-state index contributed by atoms with van der Waals surface area (Å²) in [6, 6.07) is 6.23. The molecule has 1 aromatic carbocycles. The van der Waals surface area contributed by atoms with E-state index in [1.54, 1.807) is 0 Å². The summed E-state index contributed by atoms with van der Waals surface area (Å²) >= 11 is 0. The topological polar surface area (TPSA) is 50.4 Å². The Hall–Kier alpha value is -1.71. The lowest BCUT2D eigenvalue weighted by molar-refractivity contribution is -0.118. The standard InChI is InChI=1S/C15H22N2O2/c1-10(2)4-5-11(3)16-12-6-7-14-13(8-12)17-15(18)9-19-14/h6-8,10-11,16H,4-5,9H2,1-3H3,(H,17,18). The second-order valence-electron chi connectivity index (χ2n) is 5.56. The van der Waals surface area contributed by atoms with Gasteiger partial charge in [-0.25, -0.2) is 0 Å². The van der Waals surface area contributed by atoms with E-state index in [0.29, 0.717) is 6.04 Å². The Morgan fingerprint density at radius 1 is 1.32 bits per heavy atom. The molecule has 4 heteroatoms. The molecule has 2 N–H and O–H groups in total. The minimum Gasteiger partial charge on any atom is -0.482 e. The zero-order valence-corrected chi connectivity index (χ0v) is 11.8. The van der Waals surface area contributed by atoms with Gasteiger partial charge in [-0.15, -0.1) is 0 Å². The summed E-state index contributed by atoms with van der Waals surface area (Å²) in [7, 11) is 0. The van der Waals surface area contributed by atoms with Crippen molar-refractivity contribution in [2.75, 3.05) is 17.2 Å². The Labute approximate surface area is 114 Å². The molecule has 1 atom stereocenters. The maximum Gasteiger partial charge on any atom is 0.262 e. The van der Waals surface area contributed by atoms with E-state index < -0.39 is 0 Å². The average molecular weight is 262 g/mol. The van der Waals surface area contributed by atoms with Crippen molar-refractivity contribution in [3.05, 3.63) is 18.2 Å². The summed E-state index contributed by atoms with van der Waals surface area (Å²) in [5, 5.41) is 6.28. The van der Waals surface area contributed by atoms with Crippen molar-refractivity contribution in [3.8, 4) is 5.75 Å². The molecule has 1 aromatic rings. The zero-order valence-electron chi connectivity index (χ0n) is 11.8. The van der Waals surface area contributed by atoms with Crippen LogP contribution < -0.4 is 15.4 Å². The van der Waals surface area contributed by atoms with Crippen molar-refractivity contribution < 1.29 is 9.53 Å². The maximum atomic E-state index is 11.3. The van der Waals surface area contributed by atoms with Gasteiger partial charge in [-0.1, -0.05) is 13.8 Å². The van der Waals surface area contributed by atoms with Gasteiger partial charge in [-0.3, -0.25) is 4.79 Å². The lowest BCUT2D eigenvalue weighted by Crippen LogP contribution is -2.25. The first kappa shape index (κ1) is 13.7.